The number of carbonyl (C=O) groups is 1. The molecule has 41 heavy (non-hydrogen) atoms. The average Bonchev–Trinajstić information content (AvgIpc) is 3.37. The molecule has 5 rings (SSSR count). The number of amides is 1. The highest BCUT2D eigenvalue weighted by molar-refractivity contribution is 9.10. The minimum Gasteiger partial charge on any atom is -0.490 e. The van der Waals surface area contributed by atoms with Crippen LogP contribution in [-0.2, 0) is 16.1 Å². The molecule has 4 aromatic rings. The molecule has 0 spiro atoms. The summed E-state index contributed by atoms with van der Waals surface area (Å²) in [6, 6.07) is 21.1. The zero-order chi connectivity index (χ0) is 28.8. The van der Waals surface area contributed by atoms with Crippen LogP contribution in [0.25, 0.3) is 10.9 Å². The van der Waals surface area contributed by atoms with E-state index < -0.39 is 17.7 Å². The predicted octanol–water partition coefficient (Wildman–Crippen LogP) is 7.72. The Labute approximate surface area is 249 Å². The summed E-state index contributed by atoms with van der Waals surface area (Å²) in [6.45, 7) is 6.90. The van der Waals surface area contributed by atoms with Crippen LogP contribution in [-0.4, -0.2) is 34.7 Å². The number of fused-ring (bicyclic) bond motifs is 1. The first-order chi connectivity index (χ1) is 19.7. The van der Waals surface area contributed by atoms with Crippen molar-refractivity contribution in [1.82, 2.24) is 15.1 Å². The lowest BCUT2D eigenvalue weighted by Crippen LogP contribution is -2.37. The van der Waals surface area contributed by atoms with Gasteiger partial charge in [-0.3, -0.25) is 0 Å². The van der Waals surface area contributed by atoms with Gasteiger partial charge in [-0.1, -0.05) is 42.5 Å². The van der Waals surface area contributed by atoms with E-state index in [0.29, 0.717) is 12.4 Å². The van der Waals surface area contributed by atoms with Crippen LogP contribution in [0.15, 0.2) is 77.4 Å². The number of aromatic nitrogens is 2. The van der Waals surface area contributed by atoms with Gasteiger partial charge >= 0.3 is 6.09 Å². The van der Waals surface area contributed by atoms with Crippen molar-refractivity contribution >= 4 is 32.9 Å². The summed E-state index contributed by atoms with van der Waals surface area (Å²) in [5, 5.41) is 8.56. The molecule has 1 aliphatic heterocycles. The maximum absolute atomic E-state index is 12.8. The zero-order valence-electron chi connectivity index (χ0n) is 23.6. The van der Waals surface area contributed by atoms with Gasteiger partial charge in [-0.25, -0.2) is 9.48 Å². The fraction of sp³-hybridized carbons (Fsp3) is 0.375. The third-order valence-electron chi connectivity index (χ3n) is 6.70. The normalized spacial score (nSPS) is 16.2. The molecule has 1 aliphatic rings. The van der Waals surface area contributed by atoms with E-state index in [0.717, 1.165) is 58.1 Å². The number of carbonyl (C=O) groups excluding carboxylic acids is 1. The second kappa shape index (κ2) is 13.0. The van der Waals surface area contributed by atoms with Crippen molar-refractivity contribution < 1.29 is 23.7 Å². The molecule has 9 heteroatoms. The Morgan fingerprint density at radius 3 is 2.59 bits per heavy atom. The summed E-state index contributed by atoms with van der Waals surface area (Å²) in [5.41, 5.74) is 2.26. The average molecular weight is 623 g/mol. The quantitative estimate of drug-likeness (QED) is 0.206. The standard InChI is InChI=1S/C32H36BrN3O5/c1-32(2,3)41-31(37)35-27(23-12-14-25(15-13-23)39-20-22-9-5-4-6-10-22)21-40-29-18-28-24(17-26(29)33)19-34-36(28)30-11-7-8-16-38-30/h4-6,9-10,12-15,17-19,27,30H,7-8,11,16,20-21H2,1-3H3,(H,35,37). The number of nitrogens with one attached hydrogen (secondary N) is 1. The number of ether oxygens (including phenoxy) is 4. The maximum atomic E-state index is 12.8. The zero-order valence-corrected chi connectivity index (χ0v) is 25.2. The predicted molar refractivity (Wildman–Crippen MR) is 161 cm³/mol. The van der Waals surface area contributed by atoms with Crippen molar-refractivity contribution in [2.75, 3.05) is 13.2 Å². The number of alkyl carbamates (subject to hydrolysis) is 1. The number of nitrogens with zero attached hydrogens (tertiary/aromatic N) is 2. The first-order valence-electron chi connectivity index (χ1n) is 13.9. The molecule has 2 heterocycles. The van der Waals surface area contributed by atoms with Gasteiger partial charge in [0.05, 0.1) is 22.2 Å². The topological polar surface area (TPSA) is 83.8 Å². The van der Waals surface area contributed by atoms with Crippen LogP contribution in [0.3, 0.4) is 0 Å². The van der Waals surface area contributed by atoms with Crippen LogP contribution < -0.4 is 14.8 Å². The van der Waals surface area contributed by atoms with Gasteiger partial charge in [0, 0.05) is 18.1 Å². The number of rotatable bonds is 9. The molecule has 8 nitrogen and oxygen atoms in total. The molecule has 216 valence electrons. The Morgan fingerprint density at radius 2 is 1.88 bits per heavy atom. The van der Waals surface area contributed by atoms with Crippen molar-refractivity contribution in [2.45, 2.75) is 64.5 Å². The minimum absolute atomic E-state index is 0.0838. The molecule has 0 bridgehead atoms. The van der Waals surface area contributed by atoms with Crippen molar-refractivity contribution in [2.24, 2.45) is 0 Å². The summed E-state index contributed by atoms with van der Waals surface area (Å²) < 4.78 is 26.5. The van der Waals surface area contributed by atoms with Crippen molar-refractivity contribution in [3.8, 4) is 11.5 Å². The molecule has 0 aliphatic carbocycles. The molecular weight excluding hydrogens is 586 g/mol. The van der Waals surface area contributed by atoms with Crippen LogP contribution in [0.4, 0.5) is 4.79 Å². The third kappa shape index (κ3) is 7.80. The van der Waals surface area contributed by atoms with Gasteiger partial charge in [0.25, 0.3) is 0 Å². The Bertz CT molecular complexity index is 1440. The Kier molecular flexibility index (Phi) is 9.15. The van der Waals surface area contributed by atoms with E-state index in [4.69, 9.17) is 18.9 Å². The summed E-state index contributed by atoms with van der Waals surface area (Å²) in [4.78, 5) is 12.8. The van der Waals surface area contributed by atoms with Gasteiger partial charge in [-0.2, -0.15) is 5.10 Å². The number of halogens is 1. The van der Waals surface area contributed by atoms with Crippen LogP contribution in [0.1, 0.15) is 63.4 Å². The lowest BCUT2D eigenvalue weighted by Gasteiger charge is -2.25. The molecule has 1 fully saturated rings. The van der Waals surface area contributed by atoms with Crippen LogP contribution in [0.5, 0.6) is 11.5 Å². The van der Waals surface area contributed by atoms with Crippen molar-refractivity contribution in [3.63, 3.8) is 0 Å². The maximum Gasteiger partial charge on any atom is 0.408 e. The molecule has 2 atom stereocenters. The molecule has 2 unspecified atom stereocenters. The summed E-state index contributed by atoms with van der Waals surface area (Å²) in [5.74, 6) is 1.38. The van der Waals surface area contributed by atoms with Gasteiger partial charge in [0.2, 0.25) is 0 Å². The Balaban J connectivity index is 1.33. The lowest BCUT2D eigenvalue weighted by molar-refractivity contribution is -0.0366. The molecular formula is C32H36BrN3O5. The van der Waals surface area contributed by atoms with Crippen molar-refractivity contribution in [3.05, 3.63) is 88.5 Å². The van der Waals surface area contributed by atoms with Gasteiger partial charge in [0.1, 0.15) is 30.3 Å². The smallest absolute Gasteiger partial charge is 0.408 e. The van der Waals surface area contributed by atoms with Gasteiger partial charge in [-0.15, -0.1) is 0 Å². The second-order valence-electron chi connectivity index (χ2n) is 11.1. The Hall–Kier alpha value is -3.56. The lowest BCUT2D eigenvalue weighted by atomic mass is 10.1. The number of hydrogen-bond donors (Lipinski definition) is 1. The molecule has 1 N–H and O–H groups in total. The van der Waals surface area contributed by atoms with E-state index in [1.54, 1.807) is 0 Å². The summed E-state index contributed by atoms with van der Waals surface area (Å²) in [7, 11) is 0. The van der Waals surface area contributed by atoms with Gasteiger partial charge < -0.3 is 24.3 Å². The van der Waals surface area contributed by atoms with E-state index in [1.165, 1.54) is 0 Å². The number of benzene rings is 3. The van der Waals surface area contributed by atoms with E-state index in [2.05, 4.69) is 26.3 Å². The molecule has 1 amide bonds. The molecule has 3 aromatic carbocycles. The van der Waals surface area contributed by atoms with Crippen LogP contribution in [0, 0.1) is 0 Å². The van der Waals surface area contributed by atoms with Gasteiger partial charge in [-0.05, 0) is 85.3 Å². The first-order valence-corrected chi connectivity index (χ1v) is 14.7. The molecule has 0 radical (unpaired) electrons. The monoisotopic (exact) mass is 621 g/mol. The SMILES string of the molecule is CC(C)(C)OC(=O)NC(COc1cc2c(cnn2C2CCCCO2)cc1Br)c1ccc(OCc2ccccc2)cc1. The van der Waals surface area contributed by atoms with E-state index in [-0.39, 0.29) is 12.8 Å². The highest BCUT2D eigenvalue weighted by Gasteiger charge is 2.23. The second-order valence-corrected chi connectivity index (χ2v) is 12.0. The van der Waals surface area contributed by atoms with E-state index in [1.807, 2.05) is 98.4 Å². The summed E-state index contributed by atoms with van der Waals surface area (Å²) in [6.07, 6.45) is 4.35. The number of hydrogen-bond acceptors (Lipinski definition) is 6. The minimum atomic E-state index is -0.627. The van der Waals surface area contributed by atoms with Gasteiger partial charge in [0.15, 0.2) is 6.23 Å². The molecule has 1 saturated heterocycles. The first kappa shape index (κ1) is 29.0. The molecule has 0 saturated carbocycles. The largest absolute Gasteiger partial charge is 0.490 e. The third-order valence-corrected chi connectivity index (χ3v) is 7.32. The van der Waals surface area contributed by atoms with Crippen molar-refractivity contribution in [1.29, 1.82) is 0 Å². The van der Waals surface area contributed by atoms with E-state index in [9.17, 15) is 4.79 Å². The Morgan fingerprint density at radius 1 is 1.10 bits per heavy atom. The summed E-state index contributed by atoms with van der Waals surface area (Å²) >= 11 is 3.64. The molecule has 1 aromatic heterocycles. The highest BCUT2D eigenvalue weighted by Crippen LogP contribution is 2.34. The van der Waals surface area contributed by atoms with Crippen LogP contribution >= 0.6 is 15.9 Å². The fourth-order valence-corrected chi connectivity index (χ4v) is 5.16. The fourth-order valence-electron chi connectivity index (χ4n) is 4.68. The van der Waals surface area contributed by atoms with E-state index >= 15 is 0 Å². The van der Waals surface area contributed by atoms with Crippen LogP contribution in [0.2, 0.25) is 0 Å². The highest BCUT2D eigenvalue weighted by atomic mass is 79.9.